The molecule has 2 aromatic heterocycles. The first-order chi connectivity index (χ1) is 7.56. The summed E-state index contributed by atoms with van der Waals surface area (Å²) in [6.45, 7) is 6.16. The Morgan fingerprint density at radius 3 is 2.69 bits per heavy atom. The molecule has 0 spiro atoms. The van der Waals surface area contributed by atoms with E-state index in [2.05, 4.69) is 29.2 Å². The Kier molecular flexibility index (Phi) is 2.68. The van der Waals surface area contributed by atoms with Crippen molar-refractivity contribution in [3.8, 4) is 5.82 Å². The highest BCUT2D eigenvalue weighted by Gasteiger charge is 2.09. The lowest BCUT2D eigenvalue weighted by Crippen LogP contribution is -2.14. The van der Waals surface area contributed by atoms with E-state index in [-0.39, 0.29) is 0 Å². The maximum Gasteiger partial charge on any atom is 0.209 e. The topological polar surface area (TPSA) is 47.7 Å². The Balaban J connectivity index is 2.39. The minimum absolute atomic E-state index is 0.351. The summed E-state index contributed by atoms with van der Waals surface area (Å²) in [7, 11) is 1.91. The lowest BCUT2D eigenvalue weighted by Gasteiger charge is -2.09. The van der Waals surface area contributed by atoms with Crippen LogP contribution in [0.15, 0.2) is 18.5 Å². The highest BCUT2D eigenvalue weighted by Crippen LogP contribution is 2.15. The van der Waals surface area contributed by atoms with Gasteiger partial charge in [-0.3, -0.25) is 9.25 Å². The maximum absolute atomic E-state index is 4.44. The van der Waals surface area contributed by atoms with Crippen molar-refractivity contribution < 1.29 is 0 Å². The van der Waals surface area contributed by atoms with Gasteiger partial charge in [-0.1, -0.05) is 0 Å². The van der Waals surface area contributed by atoms with Crippen LogP contribution in [0.25, 0.3) is 5.82 Å². The van der Waals surface area contributed by atoms with Crippen molar-refractivity contribution in [2.24, 2.45) is 7.05 Å². The lowest BCUT2D eigenvalue weighted by atomic mass is 10.4. The summed E-state index contributed by atoms with van der Waals surface area (Å²) in [5, 5.41) is 7.67. The van der Waals surface area contributed by atoms with Crippen molar-refractivity contribution in [3.63, 3.8) is 0 Å². The van der Waals surface area contributed by atoms with Crippen molar-refractivity contribution in [3.05, 3.63) is 24.2 Å². The van der Waals surface area contributed by atoms with Gasteiger partial charge in [0.05, 0.1) is 5.69 Å². The van der Waals surface area contributed by atoms with E-state index in [0.29, 0.717) is 6.04 Å². The number of imidazole rings is 1. The van der Waals surface area contributed by atoms with E-state index < -0.39 is 0 Å². The molecule has 2 rings (SSSR count). The Hall–Kier alpha value is -1.78. The van der Waals surface area contributed by atoms with Crippen LogP contribution in [0.4, 0.5) is 5.95 Å². The van der Waals surface area contributed by atoms with Gasteiger partial charge >= 0.3 is 0 Å². The van der Waals surface area contributed by atoms with Crippen LogP contribution in [0.1, 0.15) is 19.5 Å². The van der Waals surface area contributed by atoms with Crippen LogP contribution >= 0.6 is 0 Å². The average Bonchev–Trinajstić information content (AvgIpc) is 2.72. The van der Waals surface area contributed by atoms with Crippen LogP contribution in [-0.2, 0) is 7.05 Å². The van der Waals surface area contributed by atoms with Crippen LogP contribution in [0.3, 0.4) is 0 Å². The number of rotatable bonds is 3. The zero-order chi connectivity index (χ0) is 11.7. The van der Waals surface area contributed by atoms with Crippen LogP contribution in [0.5, 0.6) is 0 Å². The van der Waals surface area contributed by atoms with Gasteiger partial charge in [0.1, 0.15) is 0 Å². The third kappa shape index (κ3) is 2.08. The molecule has 0 aromatic carbocycles. The Morgan fingerprint density at radius 2 is 2.12 bits per heavy atom. The zero-order valence-corrected chi connectivity index (χ0v) is 10.1. The van der Waals surface area contributed by atoms with E-state index in [4.69, 9.17) is 0 Å². The predicted octanol–water partition coefficient (Wildman–Crippen LogP) is 1.73. The van der Waals surface area contributed by atoms with E-state index in [1.807, 2.05) is 37.0 Å². The van der Waals surface area contributed by atoms with Crippen molar-refractivity contribution >= 4 is 5.95 Å². The molecule has 5 nitrogen and oxygen atoms in total. The van der Waals surface area contributed by atoms with Gasteiger partial charge in [0.15, 0.2) is 5.82 Å². The molecule has 0 aliphatic heterocycles. The van der Waals surface area contributed by atoms with Crippen molar-refractivity contribution in [1.82, 2.24) is 19.3 Å². The molecule has 0 atom stereocenters. The normalized spacial score (nSPS) is 11.1. The second-order valence-electron chi connectivity index (χ2n) is 4.22. The monoisotopic (exact) mass is 219 g/mol. The van der Waals surface area contributed by atoms with Crippen molar-refractivity contribution in [2.75, 3.05) is 5.32 Å². The Morgan fingerprint density at radius 1 is 1.38 bits per heavy atom. The number of aryl methyl sites for hydroxylation is 2. The largest absolute Gasteiger partial charge is 0.353 e. The predicted molar refractivity (Wildman–Crippen MR) is 63.8 cm³/mol. The molecule has 1 N–H and O–H groups in total. The third-order valence-corrected chi connectivity index (χ3v) is 2.19. The fourth-order valence-electron chi connectivity index (χ4n) is 1.56. The number of aromatic nitrogens is 4. The van der Waals surface area contributed by atoms with Crippen molar-refractivity contribution in [1.29, 1.82) is 0 Å². The molecule has 0 aliphatic carbocycles. The van der Waals surface area contributed by atoms with E-state index >= 15 is 0 Å². The first-order valence-corrected chi connectivity index (χ1v) is 5.39. The molecule has 0 fully saturated rings. The average molecular weight is 219 g/mol. The maximum atomic E-state index is 4.44. The standard InChI is InChI=1S/C11H17N5/c1-8(2)12-11-13-9(3)7-16(11)10-5-6-15(4)14-10/h5-8H,1-4H3,(H,12,13). The van der Waals surface area contributed by atoms with E-state index in [1.165, 1.54) is 0 Å². The molecule has 0 unspecified atom stereocenters. The number of hydrogen-bond donors (Lipinski definition) is 1. The lowest BCUT2D eigenvalue weighted by molar-refractivity contribution is 0.749. The minimum atomic E-state index is 0.351. The first-order valence-electron chi connectivity index (χ1n) is 5.39. The fraction of sp³-hybridized carbons (Fsp3) is 0.455. The molecular weight excluding hydrogens is 202 g/mol. The summed E-state index contributed by atoms with van der Waals surface area (Å²) in [5.41, 5.74) is 0.980. The van der Waals surface area contributed by atoms with Crippen LogP contribution < -0.4 is 5.32 Å². The van der Waals surface area contributed by atoms with Gasteiger partial charge in [0.25, 0.3) is 0 Å². The third-order valence-electron chi connectivity index (χ3n) is 2.19. The Bertz CT molecular complexity index is 480. The second kappa shape index (κ2) is 4.00. The molecule has 5 heteroatoms. The minimum Gasteiger partial charge on any atom is -0.353 e. The number of hydrogen-bond acceptors (Lipinski definition) is 3. The second-order valence-corrected chi connectivity index (χ2v) is 4.22. The van der Waals surface area contributed by atoms with Crippen molar-refractivity contribution in [2.45, 2.75) is 26.8 Å². The molecule has 86 valence electrons. The van der Waals surface area contributed by atoms with Gasteiger partial charge in [-0.2, -0.15) is 5.10 Å². The number of nitrogens with zero attached hydrogens (tertiary/aromatic N) is 4. The molecule has 0 radical (unpaired) electrons. The smallest absolute Gasteiger partial charge is 0.209 e. The highest BCUT2D eigenvalue weighted by molar-refractivity contribution is 5.39. The fourth-order valence-corrected chi connectivity index (χ4v) is 1.56. The van der Waals surface area contributed by atoms with Crippen LogP contribution in [0, 0.1) is 6.92 Å². The summed E-state index contributed by atoms with van der Waals surface area (Å²) in [6, 6.07) is 2.32. The molecule has 2 heterocycles. The van der Waals surface area contributed by atoms with E-state index in [1.54, 1.807) is 4.68 Å². The van der Waals surface area contributed by atoms with Gasteiger partial charge in [0, 0.05) is 31.5 Å². The van der Waals surface area contributed by atoms with Gasteiger partial charge < -0.3 is 5.32 Å². The van der Waals surface area contributed by atoms with Gasteiger partial charge in [-0.05, 0) is 20.8 Å². The SMILES string of the molecule is Cc1cn(-c2ccn(C)n2)c(NC(C)C)n1. The summed E-state index contributed by atoms with van der Waals surface area (Å²) in [4.78, 5) is 4.44. The first kappa shape index (κ1) is 10.7. The quantitative estimate of drug-likeness (QED) is 0.855. The molecule has 16 heavy (non-hydrogen) atoms. The number of anilines is 1. The zero-order valence-electron chi connectivity index (χ0n) is 10.1. The summed E-state index contributed by atoms with van der Waals surface area (Å²) < 4.78 is 3.75. The summed E-state index contributed by atoms with van der Waals surface area (Å²) in [6.07, 6.45) is 3.90. The van der Waals surface area contributed by atoms with Crippen LogP contribution in [0.2, 0.25) is 0 Å². The Labute approximate surface area is 95.1 Å². The number of nitrogens with one attached hydrogen (secondary N) is 1. The van der Waals surface area contributed by atoms with E-state index in [0.717, 1.165) is 17.5 Å². The summed E-state index contributed by atoms with van der Waals surface area (Å²) in [5.74, 6) is 1.72. The molecule has 0 bridgehead atoms. The molecule has 0 saturated heterocycles. The summed E-state index contributed by atoms with van der Waals surface area (Å²) >= 11 is 0. The highest BCUT2D eigenvalue weighted by atomic mass is 15.3. The van der Waals surface area contributed by atoms with Gasteiger partial charge in [0.2, 0.25) is 5.95 Å². The van der Waals surface area contributed by atoms with Crippen LogP contribution in [-0.4, -0.2) is 25.4 Å². The molecular formula is C11H17N5. The van der Waals surface area contributed by atoms with Gasteiger partial charge in [-0.25, -0.2) is 4.98 Å². The van der Waals surface area contributed by atoms with E-state index in [9.17, 15) is 0 Å². The molecule has 2 aromatic rings. The molecule has 0 amide bonds. The molecule has 0 saturated carbocycles. The molecule has 0 aliphatic rings. The van der Waals surface area contributed by atoms with Gasteiger partial charge in [-0.15, -0.1) is 0 Å².